The van der Waals surface area contributed by atoms with Gasteiger partial charge in [0.25, 0.3) is 0 Å². The first kappa shape index (κ1) is 28.0. The van der Waals surface area contributed by atoms with Crippen LogP contribution in [0.1, 0.15) is 58.8 Å². The third kappa shape index (κ3) is 22.7. The van der Waals surface area contributed by atoms with Crippen molar-refractivity contribution in [1.29, 1.82) is 0 Å². The van der Waals surface area contributed by atoms with Crippen LogP contribution in [0.4, 0.5) is 0 Å². The Morgan fingerprint density at radius 2 is 1.32 bits per heavy atom. The van der Waals surface area contributed by atoms with Crippen molar-refractivity contribution in [2.24, 2.45) is 0 Å². The van der Waals surface area contributed by atoms with Gasteiger partial charge in [-0.15, -0.1) is 0 Å². The first-order valence-corrected chi connectivity index (χ1v) is 10.2. The molecule has 7 nitrogen and oxygen atoms in total. The largest absolute Gasteiger partial charge is 1.00 e. The van der Waals surface area contributed by atoms with Crippen molar-refractivity contribution in [1.82, 2.24) is 0 Å². The maximum Gasteiger partial charge on any atom is 1.00 e. The number of unbranched alkanes of at least 4 members (excludes halogenated alkanes) is 5. The smallest absolute Gasteiger partial charge is 0.726 e. The van der Waals surface area contributed by atoms with Crippen molar-refractivity contribution in [3.8, 4) is 0 Å². The minimum atomic E-state index is -4.68. The molecule has 25 heavy (non-hydrogen) atoms. The van der Waals surface area contributed by atoms with Crippen LogP contribution in [0.15, 0.2) is 0 Å². The number of ether oxygens (including phenoxy) is 3. The standard InChI is InChI=1S/C16H34O7S.Na/c1-3-5-6-7-8-9-10-20-11-12-21-13-14-22-15-16(4-2)23-24(17,18)19;/h16H,3-15H2,1-2H3,(H,17,18,19);/q;+1/p-1. The molecule has 0 aliphatic heterocycles. The number of hydrogen-bond acceptors (Lipinski definition) is 7. The Kier molecular flexibility index (Phi) is 21.8. The summed E-state index contributed by atoms with van der Waals surface area (Å²) < 4.78 is 51.8. The van der Waals surface area contributed by atoms with Gasteiger partial charge in [-0.3, -0.25) is 4.18 Å². The van der Waals surface area contributed by atoms with E-state index in [0.717, 1.165) is 13.0 Å². The molecule has 0 N–H and O–H groups in total. The minimum absolute atomic E-state index is 0. The van der Waals surface area contributed by atoms with Crippen LogP contribution in [0.3, 0.4) is 0 Å². The summed E-state index contributed by atoms with van der Waals surface area (Å²) in [6.45, 7) is 6.52. The van der Waals surface area contributed by atoms with Gasteiger partial charge in [-0.2, -0.15) is 0 Å². The van der Waals surface area contributed by atoms with E-state index in [2.05, 4.69) is 11.1 Å². The second-order valence-electron chi connectivity index (χ2n) is 5.60. The molecule has 0 aromatic carbocycles. The van der Waals surface area contributed by atoms with E-state index in [1.807, 2.05) is 0 Å². The molecular weight excluding hydrogens is 359 g/mol. The van der Waals surface area contributed by atoms with E-state index in [0.29, 0.717) is 32.8 Å². The van der Waals surface area contributed by atoms with E-state index in [1.54, 1.807) is 6.92 Å². The Morgan fingerprint density at radius 1 is 0.800 bits per heavy atom. The fourth-order valence-electron chi connectivity index (χ4n) is 2.02. The molecule has 1 unspecified atom stereocenters. The van der Waals surface area contributed by atoms with Gasteiger partial charge < -0.3 is 18.8 Å². The predicted octanol–water partition coefficient (Wildman–Crippen LogP) is -0.344. The first-order valence-electron chi connectivity index (χ1n) is 8.87. The minimum Gasteiger partial charge on any atom is -0.726 e. The van der Waals surface area contributed by atoms with E-state index >= 15 is 0 Å². The molecule has 0 amide bonds. The molecule has 0 saturated carbocycles. The molecule has 0 saturated heterocycles. The molecule has 0 aromatic heterocycles. The topological polar surface area (TPSA) is 94.1 Å². The van der Waals surface area contributed by atoms with Gasteiger partial charge in [-0.1, -0.05) is 46.0 Å². The Labute approximate surface area is 175 Å². The fraction of sp³-hybridized carbons (Fsp3) is 1.00. The predicted molar refractivity (Wildman–Crippen MR) is 90.7 cm³/mol. The second kappa shape index (κ2) is 19.5. The van der Waals surface area contributed by atoms with Gasteiger partial charge in [0.2, 0.25) is 10.4 Å². The quantitative estimate of drug-likeness (QED) is 0.136. The summed E-state index contributed by atoms with van der Waals surface area (Å²) in [6, 6.07) is 0. The second-order valence-corrected chi connectivity index (χ2v) is 6.61. The van der Waals surface area contributed by atoms with Gasteiger partial charge in [-0.05, 0) is 12.8 Å². The van der Waals surface area contributed by atoms with Crippen LogP contribution in [0.25, 0.3) is 0 Å². The van der Waals surface area contributed by atoms with E-state index in [4.69, 9.17) is 14.2 Å². The van der Waals surface area contributed by atoms with Gasteiger partial charge in [-0.25, -0.2) is 8.42 Å². The summed E-state index contributed by atoms with van der Waals surface area (Å²) in [5.41, 5.74) is 0. The molecule has 1 atom stereocenters. The average Bonchev–Trinajstić information content (AvgIpc) is 2.53. The molecule has 0 spiro atoms. The van der Waals surface area contributed by atoms with E-state index in [-0.39, 0.29) is 36.2 Å². The van der Waals surface area contributed by atoms with Crippen LogP contribution in [0, 0.1) is 0 Å². The molecule has 0 heterocycles. The van der Waals surface area contributed by atoms with Crippen molar-refractivity contribution in [3.63, 3.8) is 0 Å². The molecule has 9 heteroatoms. The first-order chi connectivity index (χ1) is 11.5. The Hall–Kier alpha value is 0.750. The third-order valence-electron chi connectivity index (χ3n) is 3.40. The number of rotatable bonds is 18. The van der Waals surface area contributed by atoms with Crippen LogP contribution < -0.4 is 29.6 Å². The SMILES string of the molecule is CCCCCCCCOCCOCCOCC(CC)OS(=O)(=O)[O-].[Na+]. The summed E-state index contributed by atoms with van der Waals surface area (Å²) in [4.78, 5) is 0. The van der Waals surface area contributed by atoms with Gasteiger partial charge in [0.15, 0.2) is 0 Å². The summed E-state index contributed by atoms with van der Waals surface area (Å²) >= 11 is 0. The molecular formula is C16H33NaO7S. The van der Waals surface area contributed by atoms with Crippen LogP contribution in [-0.2, 0) is 28.8 Å². The molecule has 0 rings (SSSR count). The molecule has 0 bridgehead atoms. The zero-order chi connectivity index (χ0) is 18.1. The van der Waals surface area contributed by atoms with Crippen molar-refractivity contribution in [3.05, 3.63) is 0 Å². The van der Waals surface area contributed by atoms with Crippen molar-refractivity contribution < 1.29 is 60.9 Å². The van der Waals surface area contributed by atoms with Gasteiger partial charge in [0.05, 0.1) is 39.1 Å². The maximum atomic E-state index is 10.5. The van der Waals surface area contributed by atoms with Crippen molar-refractivity contribution >= 4 is 10.4 Å². The van der Waals surface area contributed by atoms with Gasteiger partial charge in [0, 0.05) is 6.61 Å². The fourth-order valence-corrected chi connectivity index (χ4v) is 2.54. The van der Waals surface area contributed by atoms with Gasteiger partial charge >= 0.3 is 29.6 Å². The summed E-state index contributed by atoms with van der Waals surface area (Å²) in [5.74, 6) is 0. The molecule has 0 radical (unpaired) electrons. The maximum absolute atomic E-state index is 10.5. The van der Waals surface area contributed by atoms with Crippen LogP contribution in [-0.4, -0.2) is 58.7 Å². The Bertz CT molecular complexity index is 365. The molecule has 0 aromatic rings. The van der Waals surface area contributed by atoms with Crippen LogP contribution >= 0.6 is 0 Å². The third-order valence-corrected chi connectivity index (χ3v) is 3.91. The zero-order valence-corrected chi connectivity index (χ0v) is 18.9. The molecule has 146 valence electrons. The van der Waals surface area contributed by atoms with E-state index in [1.165, 1.54) is 32.1 Å². The Morgan fingerprint density at radius 3 is 1.88 bits per heavy atom. The normalized spacial score (nSPS) is 12.8. The van der Waals surface area contributed by atoms with Crippen molar-refractivity contribution in [2.75, 3.05) is 39.6 Å². The molecule has 0 aliphatic carbocycles. The van der Waals surface area contributed by atoms with Crippen LogP contribution in [0.2, 0.25) is 0 Å². The van der Waals surface area contributed by atoms with Gasteiger partial charge in [0.1, 0.15) is 0 Å². The molecule has 0 fully saturated rings. The zero-order valence-electron chi connectivity index (χ0n) is 16.0. The van der Waals surface area contributed by atoms with E-state index in [9.17, 15) is 13.0 Å². The summed E-state index contributed by atoms with van der Waals surface area (Å²) in [5, 5.41) is 0. The molecule has 0 aliphatic rings. The Balaban J connectivity index is 0. The monoisotopic (exact) mass is 392 g/mol. The average molecular weight is 392 g/mol. The van der Waals surface area contributed by atoms with Crippen LogP contribution in [0.5, 0.6) is 0 Å². The van der Waals surface area contributed by atoms with E-state index < -0.39 is 16.5 Å². The van der Waals surface area contributed by atoms with Crippen molar-refractivity contribution in [2.45, 2.75) is 64.9 Å². The summed E-state index contributed by atoms with van der Waals surface area (Å²) in [7, 11) is -4.68. The summed E-state index contributed by atoms with van der Waals surface area (Å²) in [6.07, 6.45) is 7.12. The number of hydrogen-bond donors (Lipinski definition) is 0.